The minimum atomic E-state index is -5.08. The summed E-state index contributed by atoms with van der Waals surface area (Å²) in [7, 11) is 1.57. The van der Waals surface area contributed by atoms with Crippen molar-refractivity contribution in [3.8, 4) is 39.6 Å². The zero-order valence-corrected chi connectivity index (χ0v) is 31.3. The maximum absolute atomic E-state index is 14.2. The van der Waals surface area contributed by atoms with Crippen LogP contribution in [-0.4, -0.2) is 101 Å². The smallest absolute Gasteiger partial charge is 0.490 e. The Morgan fingerprint density at radius 3 is 2.40 bits per heavy atom. The lowest BCUT2D eigenvalue weighted by Crippen LogP contribution is -2.55. The van der Waals surface area contributed by atoms with E-state index in [1.807, 2.05) is 26.0 Å². The summed E-state index contributed by atoms with van der Waals surface area (Å²) in [6.45, 7) is 6.33. The molecule has 294 valence electrons. The maximum atomic E-state index is 14.2. The molecule has 2 aromatic heterocycles. The molecule has 0 aliphatic carbocycles. The Morgan fingerprint density at radius 1 is 1.05 bits per heavy atom. The fourth-order valence-corrected chi connectivity index (χ4v) is 6.40. The summed E-state index contributed by atoms with van der Waals surface area (Å²) in [6, 6.07) is 10.6. The number of carboxylic acids is 1. The summed E-state index contributed by atoms with van der Waals surface area (Å²) in [5.41, 5.74) is 9.58. The molecule has 2 amide bonds. The average Bonchev–Trinajstić information content (AvgIpc) is 3.52. The molecule has 55 heavy (non-hydrogen) atoms. The van der Waals surface area contributed by atoms with Crippen molar-refractivity contribution in [2.45, 2.75) is 38.6 Å². The Morgan fingerprint density at radius 2 is 1.76 bits per heavy atom. The van der Waals surface area contributed by atoms with E-state index in [1.165, 1.54) is 0 Å². The number of aliphatic carboxylic acids is 1. The number of halogens is 5. The second kappa shape index (κ2) is 17.2. The van der Waals surface area contributed by atoms with E-state index in [1.54, 1.807) is 53.4 Å². The number of pyridine rings is 1. The van der Waals surface area contributed by atoms with Crippen molar-refractivity contribution in [3.05, 3.63) is 70.1 Å². The van der Waals surface area contributed by atoms with Gasteiger partial charge < -0.3 is 40.0 Å². The van der Waals surface area contributed by atoms with Crippen molar-refractivity contribution in [1.29, 1.82) is 0 Å². The van der Waals surface area contributed by atoms with Crippen LogP contribution >= 0.6 is 23.2 Å². The number of benzene rings is 2. The molecule has 0 unspecified atom stereocenters. The van der Waals surface area contributed by atoms with Crippen LogP contribution in [0.25, 0.3) is 28.1 Å². The molecule has 19 heteroatoms. The number of carboxylic acid groups (broad SMARTS) is 1. The predicted octanol–water partition coefficient (Wildman–Crippen LogP) is 6.00. The largest absolute Gasteiger partial charge is 0.496 e. The molecule has 1 saturated heterocycles. The minimum Gasteiger partial charge on any atom is -0.496 e. The number of methoxy groups -OCH3 is 1. The monoisotopic (exact) mass is 808 g/mol. The van der Waals surface area contributed by atoms with Gasteiger partial charge in [0.15, 0.2) is 5.69 Å². The lowest BCUT2D eigenvalue weighted by molar-refractivity contribution is -0.192. The van der Waals surface area contributed by atoms with Gasteiger partial charge in [0, 0.05) is 57.7 Å². The maximum Gasteiger partial charge on any atom is 0.490 e. The third-order valence-electron chi connectivity index (χ3n) is 8.41. The highest BCUT2D eigenvalue weighted by atomic mass is 35.5. The molecule has 2 aromatic carbocycles. The number of hydrogen-bond donors (Lipinski definition) is 3. The van der Waals surface area contributed by atoms with Gasteiger partial charge in [-0.3, -0.25) is 14.6 Å². The van der Waals surface area contributed by atoms with E-state index in [0.29, 0.717) is 93.8 Å². The number of ether oxygens (including phenoxy) is 4. The van der Waals surface area contributed by atoms with Crippen LogP contribution in [0.15, 0.2) is 48.8 Å². The van der Waals surface area contributed by atoms with Crippen molar-refractivity contribution in [2.75, 3.05) is 51.9 Å². The number of carbonyl (C=O) groups is 3. The first-order valence-electron chi connectivity index (χ1n) is 16.7. The van der Waals surface area contributed by atoms with Crippen molar-refractivity contribution >= 4 is 46.7 Å². The topological polar surface area (TPSA) is 180 Å². The highest BCUT2D eigenvalue weighted by Gasteiger charge is 2.40. The second-order valence-corrected chi connectivity index (χ2v) is 13.7. The molecular weight excluding hydrogens is 772 g/mol. The molecule has 14 nitrogen and oxygen atoms in total. The van der Waals surface area contributed by atoms with E-state index in [2.05, 4.69) is 10.3 Å². The van der Waals surface area contributed by atoms with Gasteiger partial charge in [-0.2, -0.15) is 18.3 Å². The van der Waals surface area contributed by atoms with Gasteiger partial charge in [0.25, 0.3) is 5.91 Å². The Labute approximate surface area is 323 Å². The van der Waals surface area contributed by atoms with Gasteiger partial charge in [-0.15, -0.1) is 0 Å². The van der Waals surface area contributed by atoms with E-state index >= 15 is 0 Å². The number of carbonyl (C=O) groups excluding carboxylic acids is 2. The van der Waals surface area contributed by atoms with Gasteiger partial charge in [-0.1, -0.05) is 23.2 Å². The number of amides is 2. The van der Waals surface area contributed by atoms with E-state index in [0.717, 1.165) is 0 Å². The van der Waals surface area contributed by atoms with E-state index < -0.39 is 17.7 Å². The molecule has 4 N–H and O–H groups in total. The first-order chi connectivity index (χ1) is 26.0. The minimum absolute atomic E-state index is 0.100. The molecule has 0 bridgehead atoms. The number of morpholine rings is 1. The molecule has 0 saturated carbocycles. The predicted molar refractivity (Wildman–Crippen MR) is 196 cm³/mol. The first-order valence-corrected chi connectivity index (χ1v) is 17.5. The molecule has 4 heterocycles. The molecule has 4 aromatic rings. The van der Waals surface area contributed by atoms with Gasteiger partial charge in [-0.05, 0) is 44.2 Å². The summed E-state index contributed by atoms with van der Waals surface area (Å²) in [5.74, 6) is -2.13. The molecule has 2 aliphatic rings. The molecule has 1 fully saturated rings. The number of rotatable bonds is 10. The van der Waals surface area contributed by atoms with Gasteiger partial charge in [0.1, 0.15) is 18.1 Å². The van der Waals surface area contributed by atoms with E-state index in [9.17, 15) is 22.8 Å². The summed E-state index contributed by atoms with van der Waals surface area (Å²) < 4.78 is 56.5. The first kappa shape index (κ1) is 41.2. The number of nitrogens with two attached hydrogens (primary N) is 1. The number of alkyl halides is 3. The Kier molecular flexibility index (Phi) is 12.9. The van der Waals surface area contributed by atoms with Crippen molar-refractivity contribution < 1.29 is 51.6 Å². The standard InChI is InChI=1S/C34H36Cl2N6O6.C2HF3O2/c1-34(2)19-47-9-6-41(34)33(44)31-27-18-48-29-15-28(45-3)25(20-10-23(17-38-16-20)39-30(43)4-7-46-8-5-37)14-26(29)32(27)42(40-31)24-12-21(35)11-22(36)13-24;3-2(4,5)1(6)7/h10-17H,4-9,18-19,37H2,1-3H3,(H,39,43);(H,6,7). The zero-order chi connectivity index (χ0) is 40.1. The van der Waals surface area contributed by atoms with Crippen LogP contribution in [0.5, 0.6) is 11.5 Å². The molecule has 2 aliphatic heterocycles. The summed E-state index contributed by atoms with van der Waals surface area (Å²) in [6.07, 6.45) is -1.66. The van der Waals surface area contributed by atoms with Crippen molar-refractivity contribution in [1.82, 2.24) is 19.7 Å². The molecular formula is C36H37Cl2F3N6O8. The SMILES string of the molecule is COc1cc2c(cc1-c1cncc(NC(=O)CCOCCN)c1)-c1c(c(C(=O)N3CCOCC3(C)C)nn1-c1cc(Cl)cc(Cl)c1)CO2.O=C(O)C(F)(F)F. The normalized spacial score (nSPS) is 14.5. The van der Waals surface area contributed by atoms with Crippen molar-refractivity contribution in [2.24, 2.45) is 5.73 Å². The lowest BCUT2D eigenvalue weighted by atomic mass is 9.95. The van der Waals surface area contributed by atoms with Crippen LogP contribution in [-0.2, 0) is 25.7 Å². The van der Waals surface area contributed by atoms with Gasteiger partial charge in [0.05, 0.1) is 68.8 Å². The number of nitrogens with zero attached hydrogens (tertiary/aromatic N) is 4. The highest BCUT2D eigenvalue weighted by Crippen LogP contribution is 2.46. The second-order valence-electron chi connectivity index (χ2n) is 12.8. The van der Waals surface area contributed by atoms with Crippen LogP contribution < -0.4 is 20.5 Å². The Balaban J connectivity index is 0.000000757. The summed E-state index contributed by atoms with van der Waals surface area (Å²) >= 11 is 12.9. The fourth-order valence-electron chi connectivity index (χ4n) is 5.89. The van der Waals surface area contributed by atoms with Crippen LogP contribution in [0, 0.1) is 0 Å². The molecule has 6 rings (SSSR count). The lowest BCUT2D eigenvalue weighted by Gasteiger charge is -2.41. The number of fused-ring (bicyclic) bond motifs is 3. The molecule has 0 atom stereocenters. The number of nitrogens with one attached hydrogen (secondary N) is 1. The van der Waals surface area contributed by atoms with E-state index in [-0.39, 0.29) is 37.1 Å². The van der Waals surface area contributed by atoms with Gasteiger partial charge >= 0.3 is 12.1 Å². The number of aromatic nitrogens is 3. The number of hydrogen-bond acceptors (Lipinski definition) is 10. The van der Waals surface area contributed by atoms with Crippen LogP contribution in [0.3, 0.4) is 0 Å². The zero-order valence-electron chi connectivity index (χ0n) is 29.8. The summed E-state index contributed by atoms with van der Waals surface area (Å²) in [4.78, 5) is 41.8. The molecule has 0 radical (unpaired) electrons. The molecule has 0 spiro atoms. The third kappa shape index (κ3) is 9.66. The third-order valence-corrected chi connectivity index (χ3v) is 8.84. The Hall–Kier alpha value is -4.94. The Bertz CT molecular complexity index is 2060. The highest BCUT2D eigenvalue weighted by molar-refractivity contribution is 6.34. The van der Waals surface area contributed by atoms with Crippen molar-refractivity contribution in [3.63, 3.8) is 0 Å². The number of anilines is 1. The van der Waals surface area contributed by atoms with Gasteiger partial charge in [-0.25, -0.2) is 9.48 Å². The summed E-state index contributed by atoms with van der Waals surface area (Å²) in [5, 5.41) is 15.7. The van der Waals surface area contributed by atoms with Crippen LogP contribution in [0.4, 0.5) is 18.9 Å². The quantitative estimate of drug-likeness (QED) is 0.160. The van der Waals surface area contributed by atoms with E-state index in [4.69, 9.17) is 62.9 Å². The van der Waals surface area contributed by atoms with Gasteiger partial charge in [0.2, 0.25) is 5.91 Å². The van der Waals surface area contributed by atoms with Crippen LogP contribution in [0.1, 0.15) is 36.3 Å². The average molecular weight is 810 g/mol. The fraction of sp³-hybridized carbons (Fsp3) is 0.361. The van der Waals surface area contributed by atoms with Crippen LogP contribution in [0.2, 0.25) is 10.0 Å².